The maximum Gasteiger partial charge on any atom is 0.341 e. The summed E-state index contributed by atoms with van der Waals surface area (Å²) in [4.78, 5) is 23.7. The predicted molar refractivity (Wildman–Crippen MR) is 69.7 cm³/mol. The molecule has 1 heterocycles. The number of quaternary nitrogens is 1. The molecular weight excluding hydrogens is 253 g/mol. The second-order valence-electron chi connectivity index (χ2n) is 5.19. The lowest BCUT2D eigenvalue weighted by atomic mass is 10.4. The van der Waals surface area contributed by atoms with Gasteiger partial charge in [0.05, 0.1) is 27.4 Å². The van der Waals surface area contributed by atoms with Crippen molar-refractivity contribution in [1.82, 2.24) is 0 Å². The van der Waals surface area contributed by atoms with E-state index in [-0.39, 0.29) is 11.1 Å². The minimum atomic E-state index is -1.88. The molecule has 0 saturated carbocycles. The highest BCUT2D eigenvalue weighted by atomic mass is 31.1. The van der Waals surface area contributed by atoms with Crippen LogP contribution in [-0.2, 0) is 14.3 Å². The highest BCUT2D eigenvalue weighted by molar-refractivity contribution is 7.52. The fourth-order valence-corrected chi connectivity index (χ4v) is 2.60. The van der Waals surface area contributed by atoms with Gasteiger partial charge < -0.3 is 18.9 Å². The van der Waals surface area contributed by atoms with E-state index < -0.39 is 19.6 Å². The minimum absolute atomic E-state index is 0.250. The molecule has 2 atom stereocenters. The molecule has 100 valence electrons. The van der Waals surface area contributed by atoms with Crippen molar-refractivity contribution in [1.29, 1.82) is 0 Å². The van der Waals surface area contributed by atoms with Crippen LogP contribution >= 0.6 is 7.77 Å². The fraction of sp³-hybridized carbons (Fsp3) is 0.500. The Balaban J connectivity index is 2.91. The molecule has 0 fully saturated rings. The van der Waals surface area contributed by atoms with E-state index in [9.17, 15) is 9.69 Å². The molecule has 2 unspecified atom stereocenters. The van der Waals surface area contributed by atoms with Crippen molar-refractivity contribution in [3.63, 3.8) is 0 Å². The third kappa shape index (κ3) is 4.26. The lowest BCUT2D eigenvalue weighted by molar-refractivity contribution is -0.861. The molecule has 0 aromatic rings. The lowest BCUT2D eigenvalue weighted by Gasteiger charge is -2.25. The quantitative estimate of drug-likeness (QED) is 0.318. The first-order chi connectivity index (χ1) is 8.20. The highest BCUT2D eigenvalue weighted by Gasteiger charge is 2.31. The Labute approximate surface area is 108 Å². The van der Waals surface area contributed by atoms with E-state index in [0.29, 0.717) is 11.0 Å². The molecule has 1 aliphatic heterocycles. The van der Waals surface area contributed by atoms with Crippen molar-refractivity contribution in [2.24, 2.45) is 0 Å². The number of ether oxygens (including phenoxy) is 2. The summed E-state index contributed by atoms with van der Waals surface area (Å²) in [5.74, 6) is -1.04. The molecular formula is C12H19NO4P+. The van der Waals surface area contributed by atoms with Gasteiger partial charge in [0, 0.05) is 11.6 Å². The van der Waals surface area contributed by atoms with E-state index in [1.54, 1.807) is 13.0 Å². The Morgan fingerprint density at radius 1 is 1.56 bits per heavy atom. The molecule has 0 saturated heterocycles. The van der Waals surface area contributed by atoms with E-state index in [1.807, 2.05) is 21.1 Å². The molecule has 0 spiro atoms. The predicted octanol–water partition coefficient (Wildman–Crippen LogP) is 0.569. The number of carbonyl (C=O) groups is 1. The molecule has 0 radical (unpaired) electrons. The zero-order valence-electron chi connectivity index (χ0n) is 11.2. The fourth-order valence-electron chi connectivity index (χ4n) is 1.17. The Bertz CT molecular complexity index is 420. The standard InChI is InChI=1S/C12H19NO4P/c1-9(2)12(14)17-11(8-13(3,4)5)18(15)10-6-7-16-10/h6-7,10H,1,8H2,2-5H3/q+1. The van der Waals surface area contributed by atoms with Crippen molar-refractivity contribution in [3.05, 3.63) is 24.5 Å². The number of rotatable bonds is 5. The largest absolute Gasteiger partial charge is 0.624 e. The van der Waals surface area contributed by atoms with Crippen molar-refractivity contribution in [3.8, 4) is 0 Å². The van der Waals surface area contributed by atoms with Gasteiger partial charge in [0.2, 0.25) is 0 Å². The van der Waals surface area contributed by atoms with Crippen LogP contribution in [-0.4, -0.2) is 49.5 Å². The lowest BCUT2D eigenvalue weighted by Crippen LogP contribution is -2.41. The summed E-state index contributed by atoms with van der Waals surface area (Å²) in [5.41, 5.74) is 0.530. The van der Waals surface area contributed by atoms with Crippen LogP contribution in [0.5, 0.6) is 0 Å². The van der Waals surface area contributed by atoms with Crippen LogP contribution in [0.2, 0.25) is 0 Å². The first kappa shape index (κ1) is 14.9. The summed E-state index contributed by atoms with van der Waals surface area (Å²) in [5, 5.41) is 0. The molecule has 0 aromatic carbocycles. The van der Waals surface area contributed by atoms with Crippen LogP contribution in [0.1, 0.15) is 6.92 Å². The summed E-state index contributed by atoms with van der Waals surface area (Å²) >= 11 is 0. The average molecular weight is 272 g/mol. The summed E-state index contributed by atoms with van der Waals surface area (Å²) in [6.07, 6.45) is 3.16. The third-order valence-electron chi connectivity index (χ3n) is 2.11. The van der Waals surface area contributed by atoms with E-state index in [1.165, 1.54) is 6.26 Å². The van der Waals surface area contributed by atoms with Gasteiger partial charge in [-0.3, -0.25) is 0 Å². The Hall–Kier alpha value is -1.16. The molecule has 1 aliphatic rings. The normalized spacial score (nSPS) is 19.5. The number of hydrogen-bond acceptors (Lipinski definition) is 4. The van der Waals surface area contributed by atoms with Gasteiger partial charge in [0.15, 0.2) is 14.3 Å². The molecule has 0 bridgehead atoms. The van der Waals surface area contributed by atoms with Crippen LogP contribution in [0.4, 0.5) is 0 Å². The number of hydrogen-bond donors (Lipinski definition) is 0. The number of nitrogens with zero attached hydrogens (tertiary/aromatic N) is 1. The van der Waals surface area contributed by atoms with E-state index >= 15 is 0 Å². The van der Waals surface area contributed by atoms with Gasteiger partial charge >= 0.3 is 11.4 Å². The average Bonchev–Trinajstić information content (AvgIpc) is 2.11. The number of likely N-dealkylation sites (N-methyl/N-ethyl adjacent to an activating group) is 1. The van der Waals surface area contributed by atoms with E-state index in [4.69, 9.17) is 9.47 Å². The summed E-state index contributed by atoms with van der Waals surface area (Å²) in [6, 6.07) is 0. The smallest absolute Gasteiger partial charge is 0.341 e. The maximum atomic E-state index is 12.2. The zero-order chi connectivity index (χ0) is 13.9. The SMILES string of the molecule is C=C(C)C(=O)OC(C[N+](C)(C)C)=[P+]([O-])C1C=CO1. The zero-order valence-corrected chi connectivity index (χ0v) is 12.1. The first-order valence-corrected chi connectivity index (χ1v) is 6.86. The van der Waals surface area contributed by atoms with Crippen LogP contribution in [0, 0.1) is 0 Å². The molecule has 6 heteroatoms. The summed E-state index contributed by atoms with van der Waals surface area (Å²) < 4.78 is 10.7. The van der Waals surface area contributed by atoms with Gasteiger partial charge in [0.1, 0.15) is 0 Å². The monoisotopic (exact) mass is 272 g/mol. The molecule has 5 nitrogen and oxygen atoms in total. The second-order valence-corrected chi connectivity index (χ2v) is 6.85. The van der Waals surface area contributed by atoms with Crippen LogP contribution in [0.15, 0.2) is 24.5 Å². The highest BCUT2D eigenvalue weighted by Crippen LogP contribution is 2.31. The van der Waals surface area contributed by atoms with Gasteiger partial charge in [-0.25, -0.2) is 4.79 Å². The third-order valence-corrected chi connectivity index (χ3v) is 3.59. The maximum absolute atomic E-state index is 12.2. The molecule has 0 aliphatic carbocycles. The van der Waals surface area contributed by atoms with Gasteiger partial charge in [0.25, 0.3) is 5.85 Å². The Kier molecular flexibility index (Phi) is 4.68. The molecule has 0 N–H and O–H groups in total. The van der Waals surface area contributed by atoms with Crippen LogP contribution < -0.4 is 4.89 Å². The molecule has 0 aromatic heterocycles. The molecule has 1 rings (SSSR count). The van der Waals surface area contributed by atoms with Crippen molar-refractivity contribution in [2.45, 2.75) is 12.8 Å². The summed E-state index contributed by atoms with van der Waals surface area (Å²) in [7, 11) is 3.90. The van der Waals surface area contributed by atoms with E-state index in [0.717, 1.165) is 0 Å². The topological polar surface area (TPSA) is 58.6 Å². The summed E-state index contributed by atoms with van der Waals surface area (Å²) in [6.45, 7) is 5.44. The van der Waals surface area contributed by atoms with Crippen molar-refractivity contribution < 1.29 is 23.6 Å². The molecule has 18 heavy (non-hydrogen) atoms. The van der Waals surface area contributed by atoms with Crippen LogP contribution in [0.3, 0.4) is 0 Å². The second kappa shape index (κ2) is 5.65. The van der Waals surface area contributed by atoms with Gasteiger partial charge in [-0.15, -0.1) is 0 Å². The number of esters is 1. The first-order valence-electron chi connectivity index (χ1n) is 5.53. The Morgan fingerprint density at radius 2 is 2.11 bits per heavy atom. The van der Waals surface area contributed by atoms with E-state index in [2.05, 4.69) is 6.58 Å². The van der Waals surface area contributed by atoms with Crippen molar-refractivity contribution in [2.75, 3.05) is 27.7 Å². The number of carbonyl (C=O) groups excluding carboxylic acids is 1. The minimum Gasteiger partial charge on any atom is -0.624 e. The van der Waals surface area contributed by atoms with Gasteiger partial charge in [-0.05, 0) is 6.92 Å². The van der Waals surface area contributed by atoms with Gasteiger partial charge in [-0.2, -0.15) is 0 Å². The van der Waals surface area contributed by atoms with Crippen molar-refractivity contribution >= 4 is 19.2 Å². The van der Waals surface area contributed by atoms with Gasteiger partial charge in [-0.1, -0.05) is 6.58 Å². The van der Waals surface area contributed by atoms with Crippen LogP contribution in [0.25, 0.3) is 0 Å². The molecule has 0 amide bonds. The Morgan fingerprint density at radius 3 is 2.44 bits per heavy atom.